The van der Waals surface area contributed by atoms with Crippen molar-refractivity contribution < 1.29 is 4.42 Å². The highest BCUT2D eigenvalue weighted by molar-refractivity contribution is 7.98. The summed E-state index contributed by atoms with van der Waals surface area (Å²) in [6.07, 6.45) is 0. The minimum Gasteiger partial charge on any atom is -0.437 e. The molecule has 0 radical (unpaired) electrons. The number of nitrogens with zero attached hydrogens (tertiary/aromatic N) is 1. The Morgan fingerprint density at radius 2 is 2.06 bits per heavy atom. The van der Waals surface area contributed by atoms with Crippen LogP contribution in [0.15, 0.2) is 33.9 Å². The third-order valence-corrected chi connectivity index (χ3v) is 3.35. The van der Waals surface area contributed by atoms with Crippen LogP contribution in [-0.4, -0.2) is 4.98 Å². The van der Waals surface area contributed by atoms with Crippen LogP contribution in [0.4, 0.5) is 0 Å². The fourth-order valence-electron chi connectivity index (χ4n) is 1.45. The van der Waals surface area contributed by atoms with E-state index in [1.54, 1.807) is 11.8 Å². The van der Waals surface area contributed by atoms with Gasteiger partial charge in [0.15, 0.2) is 0 Å². The molecule has 0 N–H and O–H groups in total. The van der Waals surface area contributed by atoms with Gasteiger partial charge in [-0.2, -0.15) is 0 Å². The van der Waals surface area contributed by atoms with Gasteiger partial charge in [0.05, 0.1) is 5.69 Å². The molecule has 0 saturated heterocycles. The van der Waals surface area contributed by atoms with E-state index in [0.29, 0.717) is 0 Å². The second kappa shape index (κ2) is 4.74. The van der Waals surface area contributed by atoms with Crippen molar-refractivity contribution in [1.29, 1.82) is 0 Å². The quantitative estimate of drug-likeness (QED) is 0.752. The molecule has 2 nitrogen and oxygen atoms in total. The van der Waals surface area contributed by atoms with Crippen LogP contribution in [-0.2, 0) is 5.75 Å². The van der Waals surface area contributed by atoms with Crippen molar-refractivity contribution in [3.8, 4) is 0 Å². The Labute approximate surface area is 100 Å². The van der Waals surface area contributed by atoms with Crippen molar-refractivity contribution in [3.63, 3.8) is 0 Å². The molecule has 0 fully saturated rings. The summed E-state index contributed by atoms with van der Waals surface area (Å²) in [5, 5.41) is 0.761. The Kier molecular flexibility index (Phi) is 3.34. The second-order valence-corrected chi connectivity index (χ2v) is 4.83. The largest absolute Gasteiger partial charge is 0.437 e. The van der Waals surface area contributed by atoms with Crippen LogP contribution in [0.25, 0.3) is 0 Å². The Balaban J connectivity index is 2.02. The van der Waals surface area contributed by atoms with Crippen molar-refractivity contribution >= 4 is 11.8 Å². The molecule has 0 amide bonds. The van der Waals surface area contributed by atoms with Crippen LogP contribution in [0.5, 0.6) is 0 Å². The SMILES string of the molecule is Cc1cccc(CSc2nc(C)c(C)o2)c1. The fraction of sp³-hybridized carbons (Fsp3) is 0.308. The average molecular weight is 233 g/mol. The van der Waals surface area contributed by atoms with Crippen LogP contribution < -0.4 is 0 Å². The predicted molar refractivity (Wildman–Crippen MR) is 66.7 cm³/mol. The Hall–Kier alpha value is -1.22. The molecular weight excluding hydrogens is 218 g/mol. The van der Waals surface area contributed by atoms with Gasteiger partial charge in [-0.25, -0.2) is 4.98 Å². The van der Waals surface area contributed by atoms with Crippen LogP contribution in [0, 0.1) is 20.8 Å². The molecule has 1 heterocycles. The predicted octanol–water partition coefficient (Wildman–Crippen LogP) is 3.89. The topological polar surface area (TPSA) is 26.0 Å². The van der Waals surface area contributed by atoms with Crippen molar-refractivity contribution in [1.82, 2.24) is 4.98 Å². The molecule has 16 heavy (non-hydrogen) atoms. The smallest absolute Gasteiger partial charge is 0.256 e. The number of oxazole rings is 1. The summed E-state index contributed by atoms with van der Waals surface area (Å²) < 4.78 is 5.52. The molecule has 0 aliphatic rings. The Bertz CT molecular complexity index is 471. The first-order valence-electron chi connectivity index (χ1n) is 5.27. The lowest BCUT2D eigenvalue weighted by molar-refractivity contribution is 0.431. The van der Waals surface area contributed by atoms with Gasteiger partial charge in [0, 0.05) is 5.75 Å². The molecule has 1 aromatic carbocycles. The monoisotopic (exact) mass is 233 g/mol. The lowest BCUT2D eigenvalue weighted by Crippen LogP contribution is -1.82. The fourth-order valence-corrected chi connectivity index (χ4v) is 2.31. The van der Waals surface area contributed by atoms with Crippen molar-refractivity contribution in [2.24, 2.45) is 0 Å². The summed E-state index contributed by atoms with van der Waals surface area (Å²) >= 11 is 1.64. The number of hydrogen-bond acceptors (Lipinski definition) is 3. The Morgan fingerprint density at radius 3 is 2.69 bits per heavy atom. The van der Waals surface area contributed by atoms with Gasteiger partial charge >= 0.3 is 0 Å². The minimum atomic E-state index is 0.761. The molecule has 0 atom stereocenters. The Morgan fingerprint density at radius 1 is 1.25 bits per heavy atom. The molecule has 84 valence electrons. The van der Waals surface area contributed by atoms with E-state index >= 15 is 0 Å². The number of aryl methyl sites for hydroxylation is 3. The summed E-state index contributed by atoms with van der Waals surface area (Å²) in [6.45, 7) is 6.02. The van der Waals surface area contributed by atoms with Crippen LogP contribution >= 0.6 is 11.8 Å². The van der Waals surface area contributed by atoms with Crippen LogP contribution in [0.1, 0.15) is 22.6 Å². The molecule has 0 bridgehead atoms. The van der Waals surface area contributed by atoms with Gasteiger partial charge in [-0.05, 0) is 26.3 Å². The first kappa shape index (κ1) is 11.3. The van der Waals surface area contributed by atoms with E-state index in [2.05, 4.69) is 36.2 Å². The molecule has 2 rings (SSSR count). The number of rotatable bonds is 3. The van der Waals surface area contributed by atoms with Gasteiger partial charge in [-0.1, -0.05) is 41.6 Å². The molecule has 1 aromatic heterocycles. The first-order valence-corrected chi connectivity index (χ1v) is 6.26. The van der Waals surface area contributed by atoms with E-state index in [1.165, 1.54) is 11.1 Å². The lowest BCUT2D eigenvalue weighted by atomic mass is 10.2. The molecule has 0 aliphatic heterocycles. The maximum absolute atomic E-state index is 5.52. The summed E-state index contributed by atoms with van der Waals surface area (Å²) in [5.74, 6) is 1.81. The molecule has 0 saturated carbocycles. The van der Waals surface area contributed by atoms with Gasteiger partial charge in [-0.3, -0.25) is 0 Å². The molecule has 0 spiro atoms. The standard InChI is InChI=1S/C13H15NOS/c1-9-5-4-6-12(7-9)8-16-13-14-10(2)11(3)15-13/h4-7H,8H2,1-3H3. The average Bonchev–Trinajstić information content (AvgIpc) is 2.56. The third kappa shape index (κ3) is 2.67. The molecular formula is C13H15NOS. The first-order chi connectivity index (χ1) is 7.65. The molecule has 0 aliphatic carbocycles. The summed E-state index contributed by atoms with van der Waals surface area (Å²) in [5.41, 5.74) is 3.57. The van der Waals surface area contributed by atoms with Crippen molar-refractivity contribution in [2.45, 2.75) is 31.7 Å². The highest BCUT2D eigenvalue weighted by atomic mass is 32.2. The summed E-state index contributed by atoms with van der Waals surface area (Å²) in [4.78, 5) is 4.34. The van der Waals surface area contributed by atoms with Crippen molar-refractivity contribution in [3.05, 3.63) is 46.8 Å². The van der Waals surface area contributed by atoms with Gasteiger partial charge < -0.3 is 4.42 Å². The molecule has 0 unspecified atom stereocenters. The highest BCUT2D eigenvalue weighted by Crippen LogP contribution is 2.24. The zero-order valence-corrected chi connectivity index (χ0v) is 10.6. The maximum atomic E-state index is 5.52. The van der Waals surface area contributed by atoms with E-state index in [0.717, 1.165) is 22.4 Å². The second-order valence-electron chi connectivity index (χ2n) is 3.90. The van der Waals surface area contributed by atoms with Gasteiger partial charge in [0.25, 0.3) is 5.22 Å². The van der Waals surface area contributed by atoms with Gasteiger partial charge in [-0.15, -0.1) is 0 Å². The van der Waals surface area contributed by atoms with Crippen LogP contribution in [0.3, 0.4) is 0 Å². The molecule has 3 heteroatoms. The maximum Gasteiger partial charge on any atom is 0.256 e. The number of aromatic nitrogens is 1. The minimum absolute atomic E-state index is 0.761. The van der Waals surface area contributed by atoms with E-state index < -0.39 is 0 Å². The van der Waals surface area contributed by atoms with Gasteiger partial charge in [0.1, 0.15) is 5.76 Å². The highest BCUT2D eigenvalue weighted by Gasteiger charge is 2.06. The van der Waals surface area contributed by atoms with E-state index in [1.807, 2.05) is 13.8 Å². The normalized spacial score (nSPS) is 10.7. The van der Waals surface area contributed by atoms with Crippen LogP contribution in [0.2, 0.25) is 0 Å². The van der Waals surface area contributed by atoms with E-state index in [-0.39, 0.29) is 0 Å². The number of hydrogen-bond donors (Lipinski definition) is 0. The summed E-state index contributed by atoms with van der Waals surface area (Å²) in [6, 6.07) is 8.50. The third-order valence-electron chi connectivity index (χ3n) is 2.45. The number of thioether (sulfide) groups is 1. The lowest BCUT2D eigenvalue weighted by Gasteiger charge is -1.99. The molecule has 2 aromatic rings. The zero-order chi connectivity index (χ0) is 11.5. The van der Waals surface area contributed by atoms with E-state index in [4.69, 9.17) is 4.42 Å². The van der Waals surface area contributed by atoms with Gasteiger partial charge in [0.2, 0.25) is 0 Å². The summed E-state index contributed by atoms with van der Waals surface area (Å²) in [7, 11) is 0. The number of benzene rings is 1. The van der Waals surface area contributed by atoms with E-state index in [9.17, 15) is 0 Å². The zero-order valence-electron chi connectivity index (χ0n) is 9.78. The van der Waals surface area contributed by atoms with Crippen molar-refractivity contribution in [2.75, 3.05) is 0 Å².